The molecule has 8 heteroatoms. The lowest BCUT2D eigenvalue weighted by atomic mass is 10.1. The molecule has 2 amide bonds. The number of carbonyl (C=O) groups is 2. The molecule has 2 aromatic rings. The van der Waals surface area contributed by atoms with Crippen LogP contribution in [0.25, 0.3) is 0 Å². The lowest BCUT2D eigenvalue weighted by Gasteiger charge is -2.28. The van der Waals surface area contributed by atoms with Crippen molar-refractivity contribution in [3.63, 3.8) is 0 Å². The highest BCUT2D eigenvalue weighted by atomic mass is 35.5. The van der Waals surface area contributed by atoms with E-state index in [2.05, 4.69) is 12.2 Å². The number of amides is 2. The van der Waals surface area contributed by atoms with E-state index in [1.54, 1.807) is 37.3 Å². The van der Waals surface area contributed by atoms with Crippen LogP contribution in [0.15, 0.2) is 42.5 Å². The molecule has 174 valence electrons. The van der Waals surface area contributed by atoms with Crippen molar-refractivity contribution in [2.24, 2.45) is 0 Å². The number of carbonyl (C=O) groups excluding carboxylic acids is 2. The van der Waals surface area contributed by atoms with Crippen LogP contribution >= 0.6 is 11.6 Å². The minimum absolute atomic E-state index is 0.205. The average Bonchev–Trinajstić information content (AvgIpc) is 2.81. The third-order valence-electron chi connectivity index (χ3n) is 4.95. The summed E-state index contributed by atoms with van der Waals surface area (Å²) in [6.45, 7) is 4.35. The number of nitrogens with one attached hydrogen (secondary N) is 1. The second-order valence-electron chi connectivity index (χ2n) is 7.31. The standard InChI is InChI=1S/C24H31ClN2O5/c1-5-6-11-26-24(29)17(2)27(15-18-7-9-19(25)10-8-18)23(28)16-32-22-13-20(30-3)12-21(14-22)31-4/h7-10,12-14,17H,5-6,11,15-16H2,1-4H3,(H,26,29)/t17-/m1/s1. The molecule has 2 rings (SSSR count). The van der Waals surface area contributed by atoms with Crippen LogP contribution in [0.1, 0.15) is 32.3 Å². The SMILES string of the molecule is CCCCNC(=O)[C@@H](C)N(Cc1ccc(Cl)cc1)C(=O)COc1cc(OC)cc(OC)c1. The number of halogens is 1. The Morgan fingerprint density at radius 1 is 1.03 bits per heavy atom. The fourth-order valence-electron chi connectivity index (χ4n) is 3.00. The Morgan fingerprint density at radius 3 is 2.19 bits per heavy atom. The lowest BCUT2D eigenvalue weighted by Crippen LogP contribution is -2.49. The molecule has 0 heterocycles. The van der Waals surface area contributed by atoms with Crippen molar-refractivity contribution in [2.45, 2.75) is 39.3 Å². The van der Waals surface area contributed by atoms with Crippen molar-refractivity contribution in [1.29, 1.82) is 0 Å². The van der Waals surface area contributed by atoms with E-state index in [1.807, 2.05) is 12.1 Å². The van der Waals surface area contributed by atoms with Crippen molar-refractivity contribution in [1.82, 2.24) is 10.2 Å². The molecule has 0 aliphatic rings. The van der Waals surface area contributed by atoms with E-state index in [-0.39, 0.29) is 25.0 Å². The Balaban J connectivity index is 2.15. The fourth-order valence-corrected chi connectivity index (χ4v) is 3.12. The zero-order chi connectivity index (χ0) is 23.5. The average molecular weight is 463 g/mol. The Morgan fingerprint density at radius 2 is 1.62 bits per heavy atom. The van der Waals surface area contributed by atoms with Gasteiger partial charge in [-0.1, -0.05) is 37.1 Å². The molecule has 1 N–H and O–H groups in total. The van der Waals surface area contributed by atoms with Crippen LogP contribution in [0.3, 0.4) is 0 Å². The zero-order valence-corrected chi connectivity index (χ0v) is 19.8. The molecule has 0 unspecified atom stereocenters. The smallest absolute Gasteiger partial charge is 0.261 e. The Kier molecular flexibility index (Phi) is 10.1. The molecule has 0 bridgehead atoms. The minimum Gasteiger partial charge on any atom is -0.496 e. The highest BCUT2D eigenvalue weighted by Gasteiger charge is 2.26. The van der Waals surface area contributed by atoms with Crippen LogP contribution in [0.2, 0.25) is 5.02 Å². The van der Waals surface area contributed by atoms with Crippen molar-refractivity contribution >= 4 is 23.4 Å². The van der Waals surface area contributed by atoms with Crippen LogP contribution in [0, 0.1) is 0 Å². The molecular formula is C24H31ClN2O5. The first kappa shape index (κ1) is 25.3. The van der Waals surface area contributed by atoms with Gasteiger partial charge >= 0.3 is 0 Å². The predicted octanol–water partition coefficient (Wildman–Crippen LogP) is 4.07. The number of benzene rings is 2. The van der Waals surface area contributed by atoms with Gasteiger partial charge in [-0.2, -0.15) is 0 Å². The first-order valence-electron chi connectivity index (χ1n) is 10.6. The summed E-state index contributed by atoms with van der Waals surface area (Å²) >= 11 is 5.98. The molecule has 0 aliphatic carbocycles. The molecule has 0 aliphatic heterocycles. The van der Waals surface area contributed by atoms with Crippen molar-refractivity contribution < 1.29 is 23.8 Å². The summed E-state index contributed by atoms with van der Waals surface area (Å²) in [5.41, 5.74) is 0.860. The summed E-state index contributed by atoms with van der Waals surface area (Å²) in [5.74, 6) is 1.01. The molecule has 0 saturated heterocycles. The summed E-state index contributed by atoms with van der Waals surface area (Å²) in [5, 5.41) is 3.49. The van der Waals surface area contributed by atoms with Crippen LogP contribution in [0.5, 0.6) is 17.2 Å². The quantitative estimate of drug-likeness (QED) is 0.481. The number of methoxy groups -OCH3 is 2. The third kappa shape index (κ3) is 7.64. The molecule has 0 radical (unpaired) electrons. The van der Waals surface area contributed by atoms with E-state index in [4.69, 9.17) is 25.8 Å². The number of rotatable bonds is 12. The molecule has 0 spiro atoms. The topological polar surface area (TPSA) is 77.1 Å². The number of hydrogen-bond acceptors (Lipinski definition) is 5. The highest BCUT2D eigenvalue weighted by molar-refractivity contribution is 6.30. The Labute approximate surface area is 194 Å². The van der Waals surface area contributed by atoms with Crippen LogP contribution < -0.4 is 19.5 Å². The van der Waals surface area contributed by atoms with Crippen LogP contribution in [-0.4, -0.2) is 50.1 Å². The van der Waals surface area contributed by atoms with Crippen molar-refractivity contribution in [3.8, 4) is 17.2 Å². The monoisotopic (exact) mass is 462 g/mol. The maximum Gasteiger partial charge on any atom is 0.261 e. The number of hydrogen-bond donors (Lipinski definition) is 1. The van der Waals surface area contributed by atoms with E-state index in [1.165, 1.54) is 19.1 Å². The van der Waals surface area contributed by atoms with Gasteiger partial charge in [-0.25, -0.2) is 0 Å². The Bertz CT molecular complexity index is 866. The van der Waals surface area contributed by atoms with Gasteiger partial charge in [0.1, 0.15) is 23.3 Å². The highest BCUT2D eigenvalue weighted by Crippen LogP contribution is 2.27. The molecule has 0 aromatic heterocycles. The largest absolute Gasteiger partial charge is 0.496 e. The first-order chi connectivity index (χ1) is 15.4. The van der Waals surface area contributed by atoms with Crippen molar-refractivity contribution in [3.05, 3.63) is 53.1 Å². The molecule has 7 nitrogen and oxygen atoms in total. The molecule has 2 aromatic carbocycles. The van der Waals surface area contributed by atoms with E-state index in [0.29, 0.717) is 28.8 Å². The lowest BCUT2D eigenvalue weighted by molar-refractivity contribution is -0.142. The molecular weight excluding hydrogens is 432 g/mol. The van der Waals surface area contributed by atoms with Gasteiger partial charge in [0, 0.05) is 36.3 Å². The summed E-state index contributed by atoms with van der Waals surface area (Å²) < 4.78 is 16.2. The Hall–Kier alpha value is -2.93. The molecule has 0 fully saturated rings. The fraction of sp³-hybridized carbons (Fsp3) is 0.417. The van der Waals surface area contributed by atoms with E-state index >= 15 is 0 Å². The predicted molar refractivity (Wildman–Crippen MR) is 124 cm³/mol. The second kappa shape index (κ2) is 12.8. The van der Waals surface area contributed by atoms with Crippen LogP contribution in [0.4, 0.5) is 0 Å². The van der Waals surface area contributed by atoms with Crippen LogP contribution in [-0.2, 0) is 16.1 Å². The third-order valence-corrected chi connectivity index (χ3v) is 5.20. The van der Waals surface area contributed by atoms with E-state index in [0.717, 1.165) is 18.4 Å². The second-order valence-corrected chi connectivity index (χ2v) is 7.74. The van der Waals surface area contributed by atoms with Gasteiger partial charge in [0.15, 0.2) is 6.61 Å². The maximum absolute atomic E-state index is 13.1. The van der Waals surface area contributed by atoms with E-state index < -0.39 is 6.04 Å². The van der Waals surface area contributed by atoms with E-state index in [9.17, 15) is 9.59 Å². The van der Waals surface area contributed by atoms with Gasteiger partial charge in [0.25, 0.3) is 5.91 Å². The molecule has 0 saturated carbocycles. The summed E-state index contributed by atoms with van der Waals surface area (Å²) in [6.07, 6.45) is 1.85. The molecule has 32 heavy (non-hydrogen) atoms. The summed E-state index contributed by atoms with van der Waals surface area (Å²) in [6, 6.07) is 11.6. The minimum atomic E-state index is -0.668. The number of nitrogens with zero attached hydrogens (tertiary/aromatic N) is 1. The summed E-state index contributed by atoms with van der Waals surface area (Å²) in [7, 11) is 3.08. The summed E-state index contributed by atoms with van der Waals surface area (Å²) in [4.78, 5) is 27.3. The maximum atomic E-state index is 13.1. The number of ether oxygens (including phenoxy) is 3. The molecule has 1 atom stereocenters. The van der Waals surface area contributed by atoms with Gasteiger partial charge in [0.2, 0.25) is 5.91 Å². The van der Waals surface area contributed by atoms with Gasteiger partial charge in [0.05, 0.1) is 14.2 Å². The van der Waals surface area contributed by atoms with Gasteiger partial charge in [-0.15, -0.1) is 0 Å². The van der Waals surface area contributed by atoms with Gasteiger partial charge in [-0.3, -0.25) is 9.59 Å². The zero-order valence-electron chi connectivity index (χ0n) is 19.0. The van der Waals surface area contributed by atoms with Crippen molar-refractivity contribution in [2.75, 3.05) is 27.4 Å². The first-order valence-corrected chi connectivity index (χ1v) is 10.9. The van der Waals surface area contributed by atoms with Gasteiger partial charge < -0.3 is 24.4 Å². The number of unbranched alkanes of at least 4 members (excludes halogenated alkanes) is 1. The normalized spacial score (nSPS) is 11.4. The van der Waals surface area contributed by atoms with Gasteiger partial charge in [-0.05, 0) is 31.0 Å².